The van der Waals surface area contributed by atoms with Crippen molar-refractivity contribution in [3.05, 3.63) is 30.2 Å². The highest BCUT2D eigenvalue weighted by Crippen LogP contribution is 2.28. The Morgan fingerprint density at radius 1 is 1.17 bits per heavy atom. The fourth-order valence-corrected chi connectivity index (χ4v) is 2.98. The minimum absolute atomic E-state index is 0.175. The fourth-order valence-electron chi connectivity index (χ4n) is 2.98. The van der Waals surface area contributed by atoms with E-state index in [1.807, 2.05) is 29.2 Å². The second-order valence-electron chi connectivity index (χ2n) is 6.00. The zero-order chi connectivity index (χ0) is 16.8. The van der Waals surface area contributed by atoms with Crippen molar-refractivity contribution in [1.29, 1.82) is 0 Å². The van der Waals surface area contributed by atoms with Gasteiger partial charge >= 0.3 is 0 Å². The molecule has 6 heteroatoms. The van der Waals surface area contributed by atoms with Crippen LogP contribution in [0.1, 0.15) is 38.0 Å². The Hall–Kier alpha value is -2.37. The van der Waals surface area contributed by atoms with Gasteiger partial charge in [-0.05, 0) is 25.0 Å². The highest BCUT2D eigenvalue weighted by molar-refractivity contribution is 5.76. The Bertz CT molecular complexity index is 676. The second kappa shape index (κ2) is 7.95. The molecule has 1 aromatic heterocycles. The summed E-state index contributed by atoms with van der Waals surface area (Å²) < 4.78 is 11.0. The van der Waals surface area contributed by atoms with Crippen LogP contribution in [0.25, 0.3) is 11.5 Å². The summed E-state index contributed by atoms with van der Waals surface area (Å²) in [6, 6.07) is 7.50. The highest BCUT2D eigenvalue weighted by Gasteiger charge is 2.17. The van der Waals surface area contributed by atoms with Gasteiger partial charge in [-0.1, -0.05) is 25.0 Å². The lowest BCUT2D eigenvalue weighted by Gasteiger charge is -2.19. The maximum Gasteiger partial charge on any atom is 0.251 e. The van der Waals surface area contributed by atoms with E-state index in [2.05, 4.69) is 10.2 Å². The van der Waals surface area contributed by atoms with Crippen LogP contribution in [-0.4, -0.2) is 41.2 Å². The molecule has 2 heterocycles. The van der Waals surface area contributed by atoms with E-state index in [0.29, 0.717) is 30.4 Å². The van der Waals surface area contributed by atoms with E-state index in [1.54, 1.807) is 7.11 Å². The summed E-state index contributed by atoms with van der Waals surface area (Å²) in [5.74, 6) is 1.77. The van der Waals surface area contributed by atoms with Crippen LogP contribution < -0.4 is 4.74 Å². The van der Waals surface area contributed by atoms with Gasteiger partial charge < -0.3 is 14.1 Å². The molecule has 1 aliphatic heterocycles. The number of methoxy groups -OCH3 is 1. The maximum absolute atomic E-state index is 12.3. The molecule has 2 aromatic rings. The molecule has 1 fully saturated rings. The normalized spacial score (nSPS) is 15.1. The summed E-state index contributed by atoms with van der Waals surface area (Å²) in [4.78, 5) is 14.3. The summed E-state index contributed by atoms with van der Waals surface area (Å²) in [5.41, 5.74) is 0.762. The Kier molecular flexibility index (Phi) is 5.46. The number of carbonyl (C=O) groups excluding carboxylic acids is 1. The van der Waals surface area contributed by atoms with Crippen molar-refractivity contribution in [2.24, 2.45) is 0 Å². The van der Waals surface area contributed by atoms with E-state index >= 15 is 0 Å². The van der Waals surface area contributed by atoms with E-state index < -0.39 is 0 Å². The van der Waals surface area contributed by atoms with Crippen molar-refractivity contribution in [3.8, 4) is 17.2 Å². The largest absolute Gasteiger partial charge is 0.496 e. The van der Waals surface area contributed by atoms with Gasteiger partial charge in [0, 0.05) is 25.9 Å². The fraction of sp³-hybridized carbons (Fsp3) is 0.500. The first kappa shape index (κ1) is 16.5. The molecular weight excluding hydrogens is 306 g/mol. The van der Waals surface area contributed by atoms with Gasteiger partial charge in [0.25, 0.3) is 5.89 Å². The molecule has 0 unspecified atom stereocenters. The Labute approximate surface area is 141 Å². The minimum atomic E-state index is 0.175. The summed E-state index contributed by atoms with van der Waals surface area (Å²) in [7, 11) is 1.61. The smallest absolute Gasteiger partial charge is 0.251 e. The molecular formula is C18H23N3O3. The van der Waals surface area contributed by atoms with Gasteiger partial charge in [-0.2, -0.15) is 0 Å². The third-order valence-corrected chi connectivity index (χ3v) is 4.32. The van der Waals surface area contributed by atoms with Crippen LogP contribution >= 0.6 is 0 Å². The van der Waals surface area contributed by atoms with E-state index in [9.17, 15) is 4.79 Å². The number of aromatic nitrogens is 2. The third kappa shape index (κ3) is 3.93. The van der Waals surface area contributed by atoms with E-state index in [0.717, 1.165) is 31.5 Å². The van der Waals surface area contributed by atoms with Crippen LogP contribution in [0.4, 0.5) is 0 Å². The Morgan fingerprint density at radius 2 is 1.92 bits per heavy atom. The molecule has 0 atom stereocenters. The summed E-state index contributed by atoms with van der Waals surface area (Å²) in [6.45, 7) is 1.74. The molecule has 0 bridgehead atoms. The molecule has 128 valence electrons. The number of hydrogen-bond donors (Lipinski definition) is 0. The Morgan fingerprint density at radius 3 is 2.67 bits per heavy atom. The average molecular weight is 329 g/mol. The number of rotatable bonds is 5. The molecule has 0 radical (unpaired) electrons. The summed E-state index contributed by atoms with van der Waals surface area (Å²) >= 11 is 0. The van der Waals surface area contributed by atoms with Gasteiger partial charge in [0.05, 0.1) is 12.7 Å². The molecule has 1 amide bonds. The van der Waals surface area contributed by atoms with Gasteiger partial charge in [-0.15, -0.1) is 10.2 Å². The van der Waals surface area contributed by atoms with Crippen molar-refractivity contribution < 1.29 is 13.9 Å². The lowest BCUT2D eigenvalue weighted by Crippen LogP contribution is -2.31. The summed E-state index contributed by atoms with van der Waals surface area (Å²) in [6.07, 6.45) is 5.52. The van der Waals surface area contributed by atoms with Gasteiger partial charge in [0.1, 0.15) is 5.75 Å². The van der Waals surface area contributed by atoms with Crippen LogP contribution in [0.3, 0.4) is 0 Å². The van der Waals surface area contributed by atoms with Crippen molar-refractivity contribution in [2.75, 3.05) is 20.2 Å². The molecule has 0 aliphatic carbocycles. The number of benzene rings is 1. The lowest BCUT2D eigenvalue weighted by molar-refractivity contribution is -0.131. The number of nitrogens with zero attached hydrogens (tertiary/aromatic N) is 3. The van der Waals surface area contributed by atoms with E-state index in [-0.39, 0.29) is 5.91 Å². The number of ether oxygens (including phenoxy) is 1. The first-order valence-electron chi connectivity index (χ1n) is 8.51. The molecule has 0 spiro atoms. The molecule has 24 heavy (non-hydrogen) atoms. The van der Waals surface area contributed by atoms with Crippen molar-refractivity contribution in [2.45, 2.75) is 38.5 Å². The zero-order valence-electron chi connectivity index (χ0n) is 14.0. The van der Waals surface area contributed by atoms with Crippen LogP contribution in [-0.2, 0) is 11.2 Å². The van der Waals surface area contributed by atoms with Gasteiger partial charge in [-0.25, -0.2) is 0 Å². The number of hydrogen-bond acceptors (Lipinski definition) is 5. The van der Waals surface area contributed by atoms with Crippen molar-refractivity contribution >= 4 is 5.91 Å². The van der Waals surface area contributed by atoms with E-state index in [1.165, 1.54) is 12.8 Å². The van der Waals surface area contributed by atoms with Gasteiger partial charge in [0.2, 0.25) is 11.8 Å². The predicted molar refractivity (Wildman–Crippen MR) is 89.7 cm³/mol. The van der Waals surface area contributed by atoms with Crippen molar-refractivity contribution in [1.82, 2.24) is 15.1 Å². The van der Waals surface area contributed by atoms with Crippen molar-refractivity contribution in [3.63, 3.8) is 0 Å². The maximum atomic E-state index is 12.3. The first-order chi connectivity index (χ1) is 11.8. The first-order valence-corrected chi connectivity index (χ1v) is 8.51. The predicted octanol–water partition coefficient (Wildman–Crippen LogP) is 3.08. The monoisotopic (exact) mass is 329 g/mol. The van der Waals surface area contributed by atoms with Crippen LogP contribution in [0.5, 0.6) is 5.75 Å². The molecule has 1 saturated heterocycles. The highest BCUT2D eigenvalue weighted by atomic mass is 16.5. The van der Waals surface area contributed by atoms with Gasteiger partial charge in [-0.3, -0.25) is 4.79 Å². The molecule has 6 nitrogen and oxygen atoms in total. The quantitative estimate of drug-likeness (QED) is 0.843. The Balaban J connectivity index is 1.61. The zero-order valence-corrected chi connectivity index (χ0v) is 14.0. The van der Waals surface area contributed by atoms with Crippen LogP contribution in [0.15, 0.2) is 28.7 Å². The number of amides is 1. The number of likely N-dealkylation sites (tertiary alicyclic amines) is 1. The van der Waals surface area contributed by atoms with E-state index in [4.69, 9.17) is 9.15 Å². The average Bonchev–Trinajstić information content (AvgIpc) is 2.92. The number of aryl methyl sites for hydroxylation is 1. The van der Waals surface area contributed by atoms with Crippen LogP contribution in [0.2, 0.25) is 0 Å². The number of carbonyl (C=O) groups is 1. The molecule has 3 rings (SSSR count). The summed E-state index contributed by atoms with van der Waals surface area (Å²) in [5, 5.41) is 8.14. The SMILES string of the molecule is COc1ccccc1-c1nnc(CCC(=O)N2CCCCCC2)o1. The van der Waals surface area contributed by atoms with Gasteiger partial charge in [0.15, 0.2) is 0 Å². The standard InChI is InChI=1S/C18H23N3O3/c1-23-15-9-5-4-8-14(15)18-20-19-16(24-18)10-11-17(22)21-12-6-2-3-7-13-21/h4-5,8-9H,2-3,6-7,10-13H2,1H3. The van der Waals surface area contributed by atoms with Crippen LogP contribution in [0, 0.1) is 0 Å². The minimum Gasteiger partial charge on any atom is -0.496 e. The third-order valence-electron chi connectivity index (χ3n) is 4.32. The molecule has 1 aliphatic rings. The second-order valence-corrected chi connectivity index (χ2v) is 6.00. The number of para-hydroxylation sites is 1. The lowest BCUT2D eigenvalue weighted by atomic mass is 10.2. The molecule has 0 N–H and O–H groups in total. The molecule has 0 saturated carbocycles. The molecule has 1 aromatic carbocycles. The topological polar surface area (TPSA) is 68.5 Å².